The molecule has 1 atom stereocenters. The van der Waals surface area contributed by atoms with Crippen LogP contribution >= 0.6 is 22.9 Å². The lowest BCUT2D eigenvalue weighted by Crippen LogP contribution is -2.23. The summed E-state index contributed by atoms with van der Waals surface area (Å²) in [5, 5.41) is 3.23. The van der Waals surface area contributed by atoms with E-state index < -0.39 is 11.6 Å². The van der Waals surface area contributed by atoms with Gasteiger partial charge in [-0.25, -0.2) is 8.78 Å². The molecule has 0 fully saturated rings. The molecule has 0 aliphatic heterocycles. The number of hydrogen-bond acceptors (Lipinski definition) is 2. The average molecular weight is 302 g/mol. The van der Waals surface area contributed by atoms with Crippen molar-refractivity contribution in [3.05, 3.63) is 56.7 Å². The standard InChI is InChI=1S/C14H14ClF2NS/c1-2-8-18-14(11-6-7-12(15)19-11)9-4-3-5-10(16)13(9)17/h3-7,14,18H,2,8H2,1H3. The van der Waals surface area contributed by atoms with Crippen LogP contribution in [0.4, 0.5) is 8.78 Å². The van der Waals surface area contributed by atoms with Crippen LogP contribution in [0.15, 0.2) is 30.3 Å². The third-order valence-electron chi connectivity index (χ3n) is 2.77. The SMILES string of the molecule is CCCNC(c1ccc(Cl)s1)c1cccc(F)c1F. The van der Waals surface area contributed by atoms with Crippen LogP contribution in [0, 0.1) is 11.6 Å². The highest BCUT2D eigenvalue weighted by molar-refractivity contribution is 7.16. The largest absolute Gasteiger partial charge is 0.306 e. The van der Waals surface area contributed by atoms with E-state index in [-0.39, 0.29) is 6.04 Å². The first-order valence-corrected chi connectivity index (χ1v) is 7.25. The van der Waals surface area contributed by atoms with Crippen molar-refractivity contribution in [1.82, 2.24) is 5.32 Å². The van der Waals surface area contributed by atoms with Gasteiger partial charge in [0.05, 0.1) is 10.4 Å². The quantitative estimate of drug-likeness (QED) is 0.839. The molecule has 1 nitrogen and oxygen atoms in total. The van der Waals surface area contributed by atoms with E-state index in [0.717, 1.165) is 23.9 Å². The van der Waals surface area contributed by atoms with E-state index in [1.54, 1.807) is 12.1 Å². The summed E-state index contributed by atoms with van der Waals surface area (Å²) < 4.78 is 27.9. The lowest BCUT2D eigenvalue weighted by molar-refractivity contribution is 0.481. The fourth-order valence-electron chi connectivity index (χ4n) is 1.88. The molecule has 5 heteroatoms. The predicted molar refractivity (Wildman–Crippen MR) is 75.8 cm³/mol. The molecule has 102 valence electrons. The summed E-state index contributed by atoms with van der Waals surface area (Å²) in [6.07, 6.45) is 0.909. The highest BCUT2D eigenvalue weighted by Crippen LogP contribution is 2.32. The highest BCUT2D eigenvalue weighted by atomic mass is 35.5. The third kappa shape index (κ3) is 3.32. The predicted octanol–water partition coefficient (Wildman–Crippen LogP) is 4.77. The molecule has 1 unspecified atom stereocenters. The molecule has 2 aromatic rings. The molecule has 2 rings (SSSR count). The zero-order valence-electron chi connectivity index (χ0n) is 10.4. The minimum atomic E-state index is -0.830. The van der Waals surface area contributed by atoms with E-state index in [1.807, 2.05) is 13.0 Å². The van der Waals surface area contributed by atoms with Crippen molar-refractivity contribution in [3.63, 3.8) is 0 Å². The van der Waals surface area contributed by atoms with Gasteiger partial charge in [0.15, 0.2) is 11.6 Å². The minimum absolute atomic E-state index is 0.312. The molecule has 0 spiro atoms. The third-order valence-corrected chi connectivity index (χ3v) is 4.07. The van der Waals surface area contributed by atoms with Crippen molar-refractivity contribution in [3.8, 4) is 0 Å². The summed E-state index contributed by atoms with van der Waals surface area (Å²) in [7, 11) is 0. The van der Waals surface area contributed by atoms with E-state index in [0.29, 0.717) is 9.90 Å². The first-order chi connectivity index (χ1) is 9.13. The number of rotatable bonds is 5. The number of benzene rings is 1. The van der Waals surface area contributed by atoms with Gasteiger partial charge in [-0.05, 0) is 31.2 Å². The molecule has 0 aliphatic rings. The minimum Gasteiger partial charge on any atom is -0.306 e. The van der Waals surface area contributed by atoms with Gasteiger partial charge in [0, 0.05) is 10.4 Å². The van der Waals surface area contributed by atoms with Crippen LogP contribution < -0.4 is 5.32 Å². The van der Waals surface area contributed by atoms with Gasteiger partial charge in [0.25, 0.3) is 0 Å². The van der Waals surface area contributed by atoms with E-state index in [4.69, 9.17) is 11.6 Å². The van der Waals surface area contributed by atoms with Gasteiger partial charge in [-0.2, -0.15) is 0 Å². The van der Waals surface area contributed by atoms with Gasteiger partial charge in [-0.1, -0.05) is 30.7 Å². The Bertz CT molecular complexity index is 556. The number of thiophene rings is 1. The summed E-state index contributed by atoms with van der Waals surface area (Å²) in [4.78, 5) is 0.878. The second-order valence-corrected chi connectivity index (χ2v) is 5.92. The molecular formula is C14H14ClF2NS. The fourth-order valence-corrected chi connectivity index (χ4v) is 3.04. The van der Waals surface area contributed by atoms with Gasteiger partial charge in [-0.3, -0.25) is 0 Å². The Kier molecular flexibility index (Phi) is 4.91. The maximum atomic E-state index is 13.9. The zero-order valence-corrected chi connectivity index (χ0v) is 12.0. The normalized spacial score (nSPS) is 12.6. The topological polar surface area (TPSA) is 12.0 Å². The van der Waals surface area contributed by atoms with Crippen molar-refractivity contribution in [2.24, 2.45) is 0 Å². The van der Waals surface area contributed by atoms with Crippen LogP contribution in [0.1, 0.15) is 29.8 Å². The van der Waals surface area contributed by atoms with E-state index >= 15 is 0 Å². The lowest BCUT2D eigenvalue weighted by atomic mass is 10.0. The monoisotopic (exact) mass is 301 g/mol. The summed E-state index contributed by atoms with van der Waals surface area (Å²) in [6.45, 7) is 2.74. The molecule has 0 radical (unpaired) electrons. The Morgan fingerprint density at radius 2 is 2.05 bits per heavy atom. The molecule has 0 aliphatic carbocycles. The smallest absolute Gasteiger partial charge is 0.163 e. The van der Waals surface area contributed by atoms with Crippen molar-refractivity contribution in [2.75, 3.05) is 6.54 Å². The van der Waals surface area contributed by atoms with Crippen LogP contribution in [-0.4, -0.2) is 6.54 Å². The highest BCUT2D eigenvalue weighted by Gasteiger charge is 2.20. The van der Waals surface area contributed by atoms with E-state index in [9.17, 15) is 8.78 Å². The number of nitrogens with one attached hydrogen (secondary N) is 1. The van der Waals surface area contributed by atoms with Crippen molar-refractivity contribution in [1.29, 1.82) is 0 Å². The van der Waals surface area contributed by atoms with Gasteiger partial charge in [0.2, 0.25) is 0 Å². The molecule has 0 saturated heterocycles. The molecule has 0 amide bonds. The molecule has 19 heavy (non-hydrogen) atoms. The maximum Gasteiger partial charge on any atom is 0.163 e. The van der Waals surface area contributed by atoms with Crippen LogP contribution in [0.25, 0.3) is 0 Å². The van der Waals surface area contributed by atoms with Crippen LogP contribution in [0.3, 0.4) is 0 Å². The molecule has 1 N–H and O–H groups in total. The Labute approximate surface area is 120 Å². The van der Waals surface area contributed by atoms with Crippen LogP contribution in [0.2, 0.25) is 4.34 Å². The van der Waals surface area contributed by atoms with Gasteiger partial charge in [-0.15, -0.1) is 11.3 Å². The van der Waals surface area contributed by atoms with E-state index in [1.165, 1.54) is 17.4 Å². The van der Waals surface area contributed by atoms with Crippen LogP contribution in [-0.2, 0) is 0 Å². The average Bonchev–Trinajstić information content (AvgIpc) is 2.81. The Morgan fingerprint density at radius 3 is 2.68 bits per heavy atom. The maximum absolute atomic E-state index is 13.9. The molecule has 1 heterocycles. The second-order valence-electron chi connectivity index (χ2n) is 4.17. The van der Waals surface area contributed by atoms with Crippen LogP contribution in [0.5, 0.6) is 0 Å². The molecule has 1 aromatic heterocycles. The lowest BCUT2D eigenvalue weighted by Gasteiger charge is -2.18. The Balaban J connectivity index is 2.39. The molecule has 1 aromatic carbocycles. The Morgan fingerprint density at radius 1 is 1.26 bits per heavy atom. The summed E-state index contributed by atoms with van der Waals surface area (Å²) in [6, 6.07) is 7.47. The van der Waals surface area contributed by atoms with Gasteiger partial charge >= 0.3 is 0 Å². The second kappa shape index (κ2) is 6.46. The van der Waals surface area contributed by atoms with Gasteiger partial charge in [0.1, 0.15) is 0 Å². The first kappa shape index (κ1) is 14.4. The molecule has 0 saturated carbocycles. The van der Waals surface area contributed by atoms with Crippen molar-refractivity contribution < 1.29 is 8.78 Å². The van der Waals surface area contributed by atoms with E-state index in [2.05, 4.69) is 5.32 Å². The molecule has 0 bridgehead atoms. The van der Waals surface area contributed by atoms with Crippen molar-refractivity contribution >= 4 is 22.9 Å². The zero-order chi connectivity index (χ0) is 13.8. The van der Waals surface area contributed by atoms with Gasteiger partial charge < -0.3 is 5.32 Å². The van der Waals surface area contributed by atoms with Crippen molar-refractivity contribution in [2.45, 2.75) is 19.4 Å². The molecular weight excluding hydrogens is 288 g/mol. The first-order valence-electron chi connectivity index (χ1n) is 6.06. The fraction of sp³-hybridized carbons (Fsp3) is 0.286. The Hall–Kier alpha value is -0.970. The summed E-state index contributed by atoms with van der Waals surface area (Å²) >= 11 is 7.29. The number of hydrogen-bond donors (Lipinski definition) is 1. The summed E-state index contributed by atoms with van der Waals surface area (Å²) in [5.41, 5.74) is 0.312. The summed E-state index contributed by atoms with van der Waals surface area (Å²) in [5.74, 6) is -1.64. The number of halogens is 3.